The normalized spacial score (nSPS) is 15.5. The largest absolute Gasteiger partial charge is 0.474 e. The molecular weight excluding hydrogens is 350 g/mol. The number of nitrogens with zero attached hydrogens (tertiary/aromatic N) is 5. The number of ether oxygens (including phenoxy) is 1. The minimum Gasteiger partial charge on any atom is -0.474 e. The number of aromatic nitrogens is 3. The lowest BCUT2D eigenvalue weighted by Crippen LogP contribution is -2.41. The monoisotopic (exact) mass is 371 g/mol. The fraction of sp³-hybridized carbons (Fsp3) is 0.389. The van der Waals surface area contributed by atoms with Gasteiger partial charge in [0.25, 0.3) is 5.88 Å². The van der Waals surface area contributed by atoms with Crippen LogP contribution in [0.2, 0.25) is 0 Å². The van der Waals surface area contributed by atoms with Crippen molar-refractivity contribution in [3.05, 3.63) is 42.0 Å². The molecule has 0 aromatic carbocycles. The van der Waals surface area contributed by atoms with Gasteiger partial charge in [0, 0.05) is 43.9 Å². The summed E-state index contributed by atoms with van der Waals surface area (Å²) in [6.45, 7) is 4.51. The van der Waals surface area contributed by atoms with E-state index in [1.807, 2.05) is 19.1 Å². The number of hydrogen-bond donors (Lipinski definition) is 1. The molecule has 0 saturated carbocycles. The number of likely N-dealkylation sites (tertiary alicyclic amines) is 1. The van der Waals surface area contributed by atoms with Crippen molar-refractivity contribution < 1.29 is 19.5 Å². The predicted octanol–water partition coefficient (Wildman–Crippen LogP) is 2.50. The van der Waals surface area contributed by atoms with Crippen molar-refractivity contribution >= 4 is 11.8 Å². The Hall–Kier alpha value is -3.23. The highest BCUT2D eigenvalue weighted by Crippen LogP contribution is 2.25. The van der Waals surface area contributed by atoms with Gasteiger partial charge in [0.1, 0.15) is 12.4 Å². The van der Waals surface area contributed by atoms with Crippen molar-refractivity contribution in [3.8, 4) is 11.8 Å². The number of carbonyl (C=O) groups is 1. The molecule has 3 rings (SSSR count). The first-order chi connectivity index (χ1) is 13.0. The third-order valence-corrected chi connectivity index (χ3v) is 4.33. The van der Waals surface area contributed by atoms with Crippen LogP contribution in [0.5, 0.6) is 11.8 Å². The smallest absolute Gasteiger partial charge is 0.407 e. The van der Waals surface area contributed by atoms with Gasteiger partial charge in [0.15, 0.2) is 0 Å². The maximum atomic E-state index is 11.0. The van der Waals surface area contributed by atoms with Gasteiger partial charge in [0.05, 0.1) is 11.3 Å². The molecule has 2 aromatic rings. The quantitative estimate of drug-likeness (QED) is 0.635. The summed E-state index contributed by atoms with van der Waals surface area (Å²) in [5.41, 5.74) is 2.16. The summed E-state index contributed by atoms with van der Waals surface area (Å²) in [4.78, 5) is 30.2. The lowest BCUT2D eigenvalue weighted by atomic mass is 10.1. The molecule has 142 valence electrons. The third kappa shape index (κ3) is 4.69. The number of oxime groups is 1. The van der Waals surface area contributed by atoms with Gasteiger partial charge >= 0.3 is 6.09 Å². The van der Waals surface area contributed by atoms with Crippen LogP contribution in [0.1, 0.15) is 30.9 Å². The first-order valence-electron chi connectivity index (χ1n) is 8.62. The van der Waals surface area contributed by atoms with Crippen LogP contribution in [0.25, 0.3) is 0 Å². The molecule has 2 aromatic heterocycles. The van der Waals surface area contributed by atoms with E-state index in [0.717, 1.165) is 5.56 Å². The molecule has 0 unspecified atom stereocenters. The standard InChI is InChI=1S/C18H21N5O4/c1-12-16(26-15-5-8-23(9-6-15)18(24)25)20-11-21-17(12)27-22-13(2)14-4-3-7-19-10-14/h3-4,7,10-11,15H,5-6,8-9H2,1-2H3,(H,24,25)/b22-13-. The second-order valence-electron chi connectivity index (χ2n) is 6.21. The fourth-order valence-electron chi connectivity index (χ4n) is 2.69. The summed E-state index contributed by atoms with van der Waals surface area (Å²) in [5.74, 6) is 0.731. The second kappa shape index (κ2) is 8.43. The van der Waals surface area contributed by atoms with E-state index < -0.39 is 6.09 Å². The molecule has 1 saturated heterocycles. The molecule has 1 fully saturated rings. The van der Waals surface area contributed by atoms with Gasteiger partial charge in [-0.1, -0.05) is 5.16 Å². The Morgan fingerprint density at radius 3 is 2.70 bits per heavy atom. The van der Waals surface area contributed by atoms with Crippen LogP contribution in [0, 0.1) is 6.92 Å². The van der Waals surface area contributed by atoms with E-state index in [2.05, 4.69) is 20.1 Å². The Morgan fingerprint density at radius 1 is 1.30 bits per heavy atom. The Kier molecular flexibility index (Phi) is 5.80. The van der Waals surface area contributed by atoms with Crippen molar-refractivity contribution in [1.29, 1.82) is 0 Å². The van der Waals surface area contributed by atoms with Crippen LogP contribution >= 0.6 is 0 Å². The number of carboxylic acid groups (broad SMARTS) is 1. The molecule has 0 bridgehead atoms. The van der Waals surface area contributed by atoms with Crippen molar-refractivity contribution in [2.45, 2.75) is 32.8 Å². The minimum atomic E-state index is -0.899. The van der Waals surface area contributed by atoms with Crippen LogP contribution in [0.15, 0.2) is 36.0 Å². The molecule has 1 aliphatic heterocycles. The fourth-order valence-corrected chi connectivity index (χ4v) is 2.69. The topological polar surface area (TPSA) is 110 Å². The molecule has 1 aliphatic rings. The zero-order chi connectivity index (χ0) is 19.2. The van der Waals surface area contributed by atoms with Crippen LogP contribution < -0.4 is 9.57 Å². The van der Waals surface area contributed by atoms with E-state index >= 15 is 0 Å². The van der Waals surface area contributed by atoms with E-state index in [1.54, 1.807) is 19.3 Å². The van der Waals surface area contributed by atoms with Gasteiger partial charge in [-0.3, -0.25) is 4.98 Å². The highest BCUT2D eigenvalue weighted by molar-refractivity contribution is 5.98. The van der Waals surface area contributed by atoms with Crippen molar-refractivity contribution in [2.75, 3.05) is 13.1 Å². The van der Waals surface area contributed by atoms with Crippen LogP contribution in [-0.4, -0.2) is 56.0 Å². The molecule has 3 heterocycles. The molecule has 9 nitrogen and oxygen atoms in total. The predicted molar refractivity (Wildman–Crippen MR) is 97.1 cm³/mol. The molecule has 1 amide bonds. The highest BCUT2D eigenvalue weighted by Gasteiger charge is 2.24. The SMILES string of the molecule is C/C(=N/Oc1ncnc(OC2CCN(C(=O)O)CC2)c1C)c1cccnc1. The average molecular weight is 371 g/mol. The van der Waals surface area contributed by atoms with Crippen molar-refractivity contribution in [2.24, 2.45) is 5.16 Å². The summed E-state index contributed by atoms with van der Waals surface area (Å²) >= 11 is 0. The number of pyridine rings is 1. The summed E-state index contributed by atoms with van der Waals surface area (Å²) in [6.07, 6.45) is 4.99. The molecule has 1 N–H and O–H groups in total. The molecule has 0 atom stereocenters. The maximum Gasteiger partial charge on any atom is 0.407 e. The van der Waals surface area contributed by atoms with E-state index in [-0.39, 0.29) is 6.10 Å². The first kappa shape index (κ1) is 18.6. The lowest BCUT2D eigenvalue weighted by molar-refractivity contribution is 0.0863. The average Bonchev–Trinajstić information content (AvgIpc) is 2.69. The second-order valence-corrected chi connectivity index (χ2v) is 6.21. The zero-order valence-electron chi connectivity index (χ0n) is 15.2. The highest BCUT2D eigenvalue weighted by atomic mass is 16.6. The Bertz CT molecular complexity index is 820. The number of rotatable bonds is 5. The molecule has 27 heavy (non-hydrogen) atoms. The van der Waals surface area contributed by atoms with Crippen molar-refractivity contribution in [1.82, 2.24) is 19.9 Å². The lowest BCUT2D eigenvalue weighted by Gasteiger charge is -2.30. The Balaban J connectivity index is 1.65. The van der Waals surface area contributed by atoms with Gasteiger partial charge in [-0.15, -0.1) is 0 Å². The number of amides is 1. The molecule has 0 aliphatic carbocycles. The molecule has 9 heteroatoms. The van der Waals surface area contributed by atoms with Gasteiger partial charge in [-0.2, -0.15) is 4.98 Å². The van der Waals surface area contributed by atoms with E-state index in [9.17, 15) is 4.79 Å². The van der Waals surface area contributed by atoms with Crippen molar-refractivity contribution in [3.63, 3.8) is 0 Å². The van der Waals surface area contributed by atoms with Crippen LogP contribution in [0.3, 0.4) is 0 Å². The van der Waals surface area contributed by atoms with Gasteiger partial charge in [-0.25, -0.2) is 9.78 Å². The summed E-state index contributed by atoms with van der Waals surface area (Å²) in [6, 6.07) is 3.71. The number of hydrogen-bond acceptors (Lipinski definition) is 7. The Labute approximate surface area is 156 Å². The molecule has 0 spiro atoms. The summed E-state index contributed by atoms with van der Waals surface area (Å²) in [5, 5.41) is 13.1. The molecular formula is C18H21N5O4. The molecule has 0 radical (unpaired) electrons. The van der Waals surface area contributed by atoms with E-state index in [1.165, 1.54) is 11.2 Å². The Morgan fingerprint density at radius 2 is 2.04 bits per heavy atom. The first-order valence-corrected chi connectivity index (χ1v) is 8.62. The minimum absolute atomic E-state index is 0.0947. The zero-order valence-corrected chi connectivity index (χ0v) is 15.2. The summed E-state index contributed by atoms with van der Waals surface area (Å²) < 4.78 is 5.94. The maximum absolute atomic E-state index is 11.0. The van der Waals surface area contributed by atoms with Gasteiger partial charge in [0.2, 0.25) is 5.88 Å². The van der Waals surface area contributed by atoms with Crippen LogP contribution in [-0.2, 0) is 0 Å². The third-order valence-electron chi connectivity index (χ3n) is 4.33. The van der Waals surface area contributed by atoms with Gasteiger partial charge < -0.3 is 19.6 Å². The van der Waals surface area contributed by atoms with Gasteiger partial charge in [-0.05, 0) is 26.0 Å². The van der Waals surface area contributed by atoms with E-state index in [0.29, 0.717) is 49.0 Å². The summed E-state index contributed by atoms with van der Waals surface area (Å²) in [7, 11) is 0. The van der Waals surface area contributed by atoms with E-state index in [4.69, 9.17) is 14.7 Å². The number of piperidine rings is 1. The van der Waals surface area contributed by atoms with Crippen LogP contribution in [0.4, 0.5) is 4.79 Å².